The van der Waals surface area contributed by atoms with Crippen LogP contribution in [0.5, 0.6) is 5.75 Å². The molecule has 2 amide bonds. The second-order valence-electron chi connectivity index (χ2n) is 7.93. The average molecular weight is 544 g/mol. The van der Waals surface area contributed by atoms with Crippen molar-refractivity contribution in [1.29, 1.82) is 0 Å². The van der Waals surface area contributed by atoms with Crippen molar-refractivity contribution in [3.63, 3.8) is 0 Å². The van der Waals surface area contributed by atoms with E-state index >= 15 is 0 Å². The molecule has 14 heteroatoms. The second-order valence-corrected chi connectivity index (χ2v) is 7.93. The van der Waals surface area contributed by atoms with Gasteiger partial charge in [0.05, 0.1) is 18.4 Å². The number of rotatable bonds is 7. The molecule has 2 N–H and O–H groups in total. The number of aryl methyl sites for hydroxylation is 2. The maximum atomic E-state index is 15.0. The van der Waals surface area contributed by atoms with Crippen molar-refractivity contribution in [2.45, 2.75) is 51.1 Å². The van der Waals surface area contributed by atoms with Crippen LogP contribution in [0.3, 0.4) is 0 Å². The zero-order valence-corrected chi connectivity index (χ0v) is 19.7. The number of alkyl halides is 9. The molecule has 0 radical (unpaired) electrons. The lowest BCUT2D eigenvalue weighted by Crippen LogP contribution is -2.59. The van der Waals surface area contributed by atoms with Crippen LogP contribution >= 0.6 is 0 Å². The van der Waals surface area contributed by atoms with Gasteiger partial charge < -0.3 is 15.4 Å². The summed E-state index contributed by atoms with van der Waals surface area (Å²) in [6.45, 7) is 3.51. The molecular formula is C23H21F9N2O3. The number of carbonyl (C=O) groups excluding carboxylic acids is 2. The number of hydrogen-bond donors (Lipinski definition) is 2. The van der Waals surface area contributed by atoms with Crippen molar-refractivity contribution in [1.82, 2.24) is 0 Å². The Morgan fingerprint density at radius 1 is 0.919 bits per heavy atom. The molecule has 2 rings (SSSR count). The number of nitrogens with one attached hydrogen (secondary N) is 2. The summed E-state index contributed by atoms with van der Waals surface area (Å²) in [6, 6.07) is 4.44. The average Bonchev–Trinajstić information content (AvgIpc) is 2.77. The summed E-state index contributed by atoms with van der Waals surface area (Å²) in [7, 11) is 1.19. The molecule has 204 valence electrons. The fourth-order valence-corrected chi connectivity index (χ4v) is 3.64. The Bertz CT molecular complexity index is 1190. The molecule has 0 fully saturated rings. The fraction of sp³-hybridized carbons (Fsp3) is 0.391. The van der Waals surface area contributed by atoms with Gasteiger partial charge in [0, 0.05) is 18.2 Å². The quantitative estimate of drug-likeness (QED) is 0.381. The molecule has 0 bridgehead atoms. The van der Waals surface area contributed by atoms with Gasteiger partial charge in [0.25, 0.3) is 5.91 Å². The Kier molecular flexibility index (Phi) is 8.15. The lowest BCUT2D eigenvalue weighted by molar-refractivity contribution is -0.389. The van der Waals surface area contributed by atoms with Crippen LogP contribution in [0.15, 0.2) is 30.3 Å². The van der Waals surface area contributed by atoms with Crippen LogP contribution in [0.4, 0.5) is 50.9 Å². The van der Waals surface area contributed by atoms with E-state index in [2.05, 4.69) is 10.6 Å². The van der Waals surface area contributed by atoms with Crippen LogP contribution in [0, 0.1) is 6.92 Å². The van der Waals surface area contributed by atoms with Crippen molar-refractivity contribution in [2.75, 3.05) is 17.7 Å². The third-order valence-electron chi connectivity index (χ3n) is 5.39. The third-order valence-corrected chi connectivity index (χ3v) is 5.39. The number of ether oxygens (including phenoxy) is 1. The van der Waals surface area contributed by atoms with E-state index < -0.39 is 46.9 Å². The summed E-state index contributed by atoms with van der Waals surface area (Å²) in [6.07, 6.45) is -13.8. The molecule has 1 unspecified atom stereocenters. The predicted molar refractivity (Wildman–Crippen MR) is 116 cm³/mol. The molecule has 0 aliphatic rings. The molecule has 5 nitrogen and oxygen atoms in total. The van der Waals surface area contributed by atoms with Gasteiger partial charge >= 0.3 is 23.9 Å². The minimum absolute atomic E-state index is 0.0906. The maximum Gasteiger partial charge on any atom is 0.457 e. The van der Waals surface area contributed by atoms with E-state index in [0.717, 1.165) is 6.92 Å². The molecule has 0 aromatic heterocycles. The van der Waals surface area contributed by atoms with E-state index in [0.29, 0.717) is 0 Å². The highest BCUT2D eigenvalue weighted by Gasteiger charge is 2.81. The first kappa shape index (κ1) is 29.8. The summed E-state index contributed by atoms with van der Waals surface area (Å²) in [5, 5.41) is 4.77. The number of anilines is 2. The van der Waals surface area contributed by atoms with Crippen molar-refractivity contribution < 1.29 is 53.8 Å². The minimum Gasteiger partial charge on any atom is -0.494 e. The summed E-state index contributed by atoms with van der Waals surface area (Å²) in [4.78, 5) is 24.4. The smallest absolute Gasteiger partial charge is 0.457 e. The van der Waals surface area contributed by atoms with Crippen molar-refractivity contribution in [3.8, 4) is 5.75 Å². The zero-order chi connectivity index (χ0) is 28.6. The van der Waals surface area contributed by atoms with Gasteiger partial charge in [-0.3, -0.25) is 9.59 Å². The van der Waals surface area contributed by atoms with E-state index in [-0.39, 0.29) is 46.8 Å². The summed E-state index contributed by atoms with van der Waals surface area (Å²) in [5.41, 5.74) is -9.12. The summed E-state index contributed by atoms with van der Waals surface area (Å²) < 4.78 is 127. The number of para-hydroxylation sites is 1. The number of halogens is 9. The minimum atomic E-state index is -6.86. The standard InChI is InChI=1S/C23H21F9N2O3/c1-5-13-10-14(20(24,22(27,28)29)21(25,26)23(30,31)32)9-11(2)17(13)34-19(36)15-7-6-8-16(18(15)37-4)33-12(3)35/h6-10H,5H2,1-4H3,(H,33,35)(H,34,36). The number of amides is 2. The number of benzene rings is 2. The van der Waals surface area contributed by atoms with Crippen LogP contribution in [0.1, 0.15) is 40.9 Å². The Balaban J connectivity index is 2.65. The molecule has 2 aromatic carbocycles. The van der Waals surface area contributed by atoms with Crippen molar-refractivity contribution in [2.24, 2.45) is 0 Å². The molecule has 0 aliphatic heterocycles. The molecule has 0 heterocycles. The van der Waals surface area contributed by atoms with Crippen LogP contribution in [-0.4, -0.2) is 37.2 Å². The van der Waals surface area contributed by atoms with Crippen LogP contribution in [-0.2, 0) is 16.9 Å². The first-order valence-corrected chi connectivity index (χ1v) is 10.4. The van der Waals surface area contributed by atoms with Crippen molar-refractivity contribution in [3.05, 3.63) is 52.6 Å². The fourth-order valence-electron chi connectivity index (χ4n) is 3.64. The monoisotopic (exact) mass is 544 g/mol. The third kappa shape index (κ3) is 5.32. The molecule has 0 aliphatic carbocycles. The van der Waals surface area contributed by atoms with Gasteiger partial charge in [-0.05, 0) is 42.7 Å². The highest BCUT2D eigenvalue weighted by atomic mass is 19.4. The Hall–Kier alpha value is -3.45. The lowest BCUT2D eigenvalue weighted by Gasteiger charge is -2.36. The van der Waals surface area contributed by atoms with Gasteiger partial charge in [0.1, 0.15) is 0 Å². The van der Waals surface area contributed by atoms with Gasteiger partial charge in [0.15, 0.2) is 5.75 Å². The second kappa shape index (κ2) is 10.1. The van der Waals surface area contributed by atoms with Crippen molar-refractivity contribution >= 4 is 23.2 Å². The maximum absolute atomic E-state index is 15.0. The molecular weight excluding hydrogens is 523 g/mol. The van der Waals surface area contributed by atoms with Gasteiger partial charge in [-0.25, -0.2) is 4.39 Å². The highest BCUT2D eigenvalue weighted by molar-refractivity contribution is 6.08. The van der Waals surface area contributed by atoms with E-state index in [1.807, 2.05) is 0 Å². The Morgan fingerprint density at radius 2 is 1.51 bits per heavy atom. The molecule has 0 spiro atoms. The highest BCUT2D eigenvalue weighted by Crippen LogP contribution is 2.58. The topological polar surface area (TPSA) is 67.4 Å². The molecule has 37 heavy (non-hydrogen) atoms. The van der Waals surface area contributed by atoms with E-state index in [1.165, 1.54) is 39.2 Å². The normalized spacial score (nSPS) is 14.1. The van der Waals surface area contributed by atoms with Gasteiger partial charge in [-0.2, -0.15) is 35.1 Å². The molecule has 0 saturated carbocycles. The first-order valence-electron chi connectivity index (χ1n) is 10.4. The zero-order valence-electron chi connectivity index (χ0n) is 19.7. The van der Waals surface area contributed by atoms with Gasteiger partial charge in [-0.1, -0.05) is 19.1 Å². The SMILES string of the molecule is CCc1cc(C(F)(C(F)(F)F)C(F)(F)C(F)(F)F)cc(C)c1NC(=O)c1cccc(NC(C)=O)c1OC. The Morgan fingerprint density at radius 3 is 1.97 bits per heavy atom. The first-order chi connectivity index (χ1) is 16.8. The van der Waals surface area contributed by atoms with Crippen LogP contribution in [0.2, 0.25) is 0 Å². The number of methoxy groups -OCH3 is 1. The molecule has 2 aromatic rings. The van der Waals surface area contributed by atoms with Gasteiger partial charge in [0.2, 0.25) is 5.91 Å². The summed E-state index contributed by atoms with van der Waals surface area (Å²) in [5.74, 6) is -8.33. The summed E-state index contributed by atoms with van der Waals surface area (Å²) >= 11 is 0. The molecule has 1 atom stereocenters. The van der Waals surface area contributed by atoms with Gasteiger partial charge in [-0.15, -0.1) is 0 Å². The van der Waals surface area contributed by atoms with E-state index in [4.69, 9.17) is 4.74 Å². The van der Waals surface area contributed by atoms with Crippen LogP contribution in [0.25, 0.3) is 0 Å². The Labute approximate surface area is 205 Å². The van der Waals surface area contributed by atoms with Crippen LogP contribution < -0.4 is 15.4 Å². The molecule has 0 saturated heterocycles. The number of carbonyl (C=O) groups is 2. The lowest BCUT2D eigenvalue weighted by atomic mass is 9.85. The van der Waals surface area contributed by atoms with E-state index in [1.54, 1.807) is 0 Å². The predicted octanol–water partition coefficient (Wildman–Crippen LogP) is 6.70. The van der Waals surface area contributed by atoms with E-state index in [9.17, 15) is 49.1 Å². The largest absolute Gasteiger partial charge is 0.494 e. The number of hydrogen-bond acceptors (Lipinski definition) is 3.